The number of nitrogens with one attached hydrogen (secondary N) is 1. The van der Waals surface area contributed by atoms with E-state index in [0.29, 0.717) is 12.0 Å². The van der Waals surface area contributed by atoms with Gasteiger partial charge < -0.3 is 5.32 Å². The topological polar surface area (TPSA) is 24.9 Å². The lowest BCUT2D eigenvalue weighted by Crippen LogP contribution is -2.29. The van der Waals surface area contributed by atoms with Crippen LogP contribution in [0.15, 0.2) is 18.9 Å². The molecule has 0 saturated carbocycles. The molecule has 2 unspecified atom stereocenters. The van der Waals surface area contributed by atoms with Crippen molar-refractivity contribution in [2.75, 3.05) is 6.54 Å². The van der Waals surface area contributed by atoms with Crippen molar-refractivity contribution < 1.29 is 0 Å². The number of thiazole rings is 1. The van der Waals surface area contributed by atoms with Gasteiger partial charge in [0.2, 0.25) is 0 Å². The maximum atomic E-state index is 4.42. The summed E-state index contributed by atoms with van der Waals surface area (Å²) in [6.07, 6.45) is 6.18. The van der Waals surface area contributed by atoms with Gasteiger partial charge in [0, 0.05) is 29.6 Å². The van der Waals surface area contributed by atoms with E-state index in [0.717, 1.165) is 19.4 Å². The lowest BCUT2D eigenvalue weighted by molar-refractivity contribution is 0.495. The molecule has 2 atom stereocenters. The van der Waals surface area contributed by atoms with Crippen LogP contribution < -0.4 is 5.32 Å². The fraction of sp³-hybridized carbons (Fsp3) is 0.615. The number of allylic oxidation sites excluding steroid dienone is 1. The van der Waals surface area contributed by atoms with E-state index in [1.165, 1.54) is 9.88 Å². The third-order valence-corrected chi connectivity index (χ3v) is 3.78. The molecule has 0 aliphatic heterocycles. The lowest BCUT2D eigenvalue weighted by atomic mass is 10.1. The molecule has 0 bridgehead atoms. The van der Waals surface area contributed by atoms with E-state index in [4.69, 9.17) is 0 Å². The van der Waals surface area contributed by atoms with Crippen molar-refractivity contribution in [2.24, 2.45) is 0 Å². The second kappa shape index (κ2) is 6.81. The Balaban J connectivity index is 2.29. The Kier molecular flexibility index (Phi) is 5.71. The van der Waals surface area contributed by atoms with Crippen LogP contribution >= 0.6 is 11.3 Å². The van der Waals surface area contributed by atoms with Crippen molar-refractivity contribution in [1.82, 2.24) is 10.3 Å². The molecule has 1 aromatic heterocycles. The van der Waals surface area contributed by atoms with E-state index in [-0.39, 0.29) is 0 Å². The second-order valence-corrected chi connectivity index (χ2v) is 5.65. The van der Waals surface area contributed by atoms with E-state index in [1.807, 2.05) is 12.3 Å². The molecule has 0 radical (unpaired) electrons. The number of hydrogen-bond donors (Lipinski definition) is 1. The SMILES string of the molecule is C=CCCC(C)NCC(C)c1ncc(C)s1. The largest absolute Gasteiger partial charge is 0.314 e. The standard InChI is InChI=1S/C13H22N2S/c1-5-6-7-11(3)14-8-10(2)13-15-9-12(4)16-13/h5,9-11,14H,1,6-8H2,2-4H3. The highest BCUT2D eigenvalue weighted by Crippen LogP contribution is 2.20. The van der Waals surface area contributed by atoms with Gasteiger partial charge in [-0.05, 0) is 26.7 Å². The zero-order valence-corrected chi connectivity index (χ0v) is 11.3. The molecule has 0 aliphatic carbocycles. The molecular weight excluding hydrogens is 216 g/mol. The minimum atomic E-state index is 0.505. The van der Waals surface area contributed by atoms with Crippen LogP contribution in [0, 0.1) is 6.92 Å². The van der Waals surface area contributed by atoms with Crippen LogP contribution in [0.25, 0.3) is 0 Å². The zero-order chi connectivity index (χ0) is 12.0. The molecule has 1 heterocycles. The first-order valence-electron chi connectivity index (χ1n) is 5.90. The molecule has 90 valence electrons. The van der Waals surface area contributed by atoms with Crippen LogP contribution in [0.1, 0.15) is 42.5 Å². The van der Waals surface area contributed by atoms with Crippen molar-refractivity contribution in [3.63, 3.8) is 0 Å². The minimum absolute atomic E-state index is 0.505. The quantitative estimate of drug-likeness (QED) is 0.735. The number of nitrogens with zero attached hydrogens (tertiary/aromatic N) is 1. The third kappa shape index (κ3) is 4.45. The van der Waals surface area contributed by atoms with E-state index in [2.05, 4.69) is 37.7 Å². The highest BCUT2D eigenvalue weighted by molar-refractivity contribution is 7.11. The average Bonchev–Trinajstić information content (AvgIpc) is 2.69. The summed E-state index contributed by atoms with van der Waals surface area (Å²) in [4.78, 5) is 5.71. The molecule has 0 aliphatic rings. The van der Waals surface area contributed by atoms with Gasteiger partial charge in [0.1, 0.15) is 0 Å². The first-order chi connectivity index (χ1) is 7.63. The lowest BCUT2D eigenvalue weighted by Gasteiger charge is -2.15. The van der Waals surface area contributed by atoms with Gasteiger partial charge in [0.25, 0.3) is 0 Å². The highest BCUT2D eigenvalue weighted by atomic mass is 32.1. The number of aryl methyl sites for hydroxylation is 1. The highest BCUT2D eigenvalue weighted by Gasteiger charge is 2.10. The summed E-state index contributed by atoms with van der Waals surface area (Å²) in [6, 6.07) is 0.557. The van der Waals surface area contributed by atoms with Crippen molar-refractivity contribution >= 4 is 11.3 Å². The Morgan fingerprint density at radius 3 is 2.88 bits per heavy atom. The van der Waals surface area contributed by atoms with Crippen molar-refractivity contribution in [1.29, 1.82) is 0 Å². The molecule has 2 nitrogen and oxygen atoms in total. The van der Waals surface area contributed by atoms with Crippen LogP contribution in [0.5, 0.6) is 0 Å². The van der Waals surface area contributed by atoms with E-state index < -0.39 is 0 Å². The van der Waals surface area contributed by atoms with Gasteiger partial charge in [-0.3, -0.25) is 0 Å². The summed E-state index contributed by atoms with van der Waals surface area (Å²) in [7, 11) is 0. The average molecular weight is 238 g/mol. The van der Waals surface area contributed by atoms with Gasteiger partial charge in [0.15, 0.2) is 0 Å². The van der Waals surface area contributed by atoms with Crippen molar-refractivity contribution in [2.45, 2.75) is 45.6 Å². The van der Waals surface area contributed by atoms with Crippen LogP contribution in [-0.2, 0) is 0 Å². The normalized spacial score (nSPS) is 14.7. The maximum absolute atomic E-state index is 4.42. The van der Waals surface area contributed by atoms with E-state index >= 15 is 0 Å². The number of rotatable bonds is 7. The van der Waals surface area contributed by atoms with Crippen LogP contribution in [0.3, 0.4) is 0 Å². The Hall–Kier alpha value is -0.670. The van der Waals surface area contributed by atoms with Crippen LogP contribution in [-0.4, -0.2) is 17.6 Å². The molecule has 1 rings (SSSR count). The summed E-state index contributed by atoms with van der Waals surface area (Å²) in [5.74, 6) is 0.505. The molecule has 0 amide bonds. The smallest absolute Gasteiger partial charge is 0.0968 e. The minimum Gasteiger partial charge on any atom is -0.314 e. The summed E-state index contributed by atoms with van der Waals surface area (Å²) in [5, 5.41) is 4.78. The maximum Gasteiger partial charge on any atom is 0.0968 e. The molecule has 3 heteroatoms. The van der Waals surface area contributed by atoms with Gasteiger partial charge in [0.05, 0.1) is 5.01 Å². The molecule has 0 saturated heterocycles. The van der Waals surface area contributed by atoms with Gasteiger partial charge in [-0.2, -0.15) is 0 Å². The van der Waals surface area contributed by atoms with Gasteiger partial charge in [-0.25, -0.2) is 4.98 Å². The van der Waals surface area contributed by atoms with Crippen molar-refractivity contribution in [3.05, 3.63) is 28.7 Å². The Labute approximate surface area is 103 Å². The molecule has 16 heavy (non-hydrogen) atoms. The molecular formula is C13H22N2S. The number of hydrogen-bond acceptors (Lipinski definition) is 3. The fourth-order valence-corrected chi connectivity index (χ4v) is 2.36. The van der Waals surface area contributed by atoms with E-state index in [9.17, 15) is 0 Å². The van der Waals surface area contributed by atoms with Crippen LogP contribution in [0.4, 0.5) is 0 Å². The summed E-state index contributed by atoms with van der Waals surface area (Å²) in [5.41, 5.74) is 0. The first-order valence-corrected chi connectivity index (χ1v) is 6.71. The van der Waals surface area contributed by atoms with E-state index in [1.54, 1.807) is 11.3 Å². The Bertz CT molecular complexity index is 319. The second-order valence-electron chi connectivity index (χ2n) is 4.39. The van der Waals surface area contributed by atoms with Crippen molar-refractivity contribution in [3.8, 4) is 0 Å². The van der Waals surface area contributed by atoms with Gasteiger partial charge in [-0.1, -0.05) is 13.0 Å². The van der Waals surface area contributed by atoms with Gasteiger partial charge in [-0.15, -0.1) is 17.9 Å². The zero-order valence-electron chi connectivity index (χ0n) is 10.5. The van der Waals surface area contributed by atoms with Gasteiger partial charge >= 0.3 is 0 Å². The third-order valence-electron chi connectivity index (χ3n) is 2.64. The molecule has 1 N–H and O–H groups in total. The monoisotopic (exact) mass is 238 g/mol. The summed E-state index contributed by atoms with van der Waals surface area (Å²) < 4.78 is 0. The number of aromatic nitrogens is 1. The Morgan fingerprint density at radius 2 is 2.31 bits per heavy atom. The molecule has 0 aromatic carbocycles. The van der Waals surface area contributed by atoms with Crippen LogP contribution in [0.2, 0.25) is 0 Å². The summed E-state index contributed by atoms with van der Waals surface area (Å²) >= 11 is 1.80. The summed E-state index contributed by atoms with van der Waals surface area (Å²) in [6.45, 7) is 11.3. The molecule has 1 aromatic rings. The Morgan fingerprint density at radius 1 is 1.56 bits per heavy atom. The first kappa shape index (κ1) is 13.4. The molecule has 0 fully saturated rings. The fourth-order valence-electron chi connectivity index (χ4n) is 1.54. The predicted octanol–water partition coefficient (Wildman–Crippen LogP) is 3.50. The molecule has 0 spiro atoms. The predicted molar refractivity (Wildman–Crippen MR) is 72.2 cm³/mol.